The number of hydrogen-bond acceptors (Lipinski definition) is 3. The predicted octanol–water partition coefficient (Wildman–Crippen LogP) is 5.84. The third-order valence-electron chi connectivity index (χ3n) is 6.67. The van der Waals surface area contributed by atoms with Gasteiger partial charge in [-0.3, -0.25) is 4.79 Å². The molecular weight excluding hydrogens is 400 g/mol. The average molecular weight is 437 g/mol. The molecular formula is C27H36N2O3. The standard InChI is InChI=1S/C27H36N2O3/c1-18(2)32-26(31)22-16-29(25(30)19-11-7-5-6-8-12-19)17-27(3,4)15-21-20-13-9-10-14-23(20)28-24(21)22/h9-10,13-14,16,18-19,28H,5-8,11-12,15,17H2,1-4H3/b22-16+. The first-order chi connectivity index (χ1) is 15.2. The van der Waals surface area contributed by atoms with Gasteiger partial charge in [-0.25, -0.2) is 4.79 Å². The summed E-state index contributed by atoms with van der Waals surface area (Å²) >= 11 is 0. The first kappa shape index (κ1) is 22.6. The van der Waals surface area contributed by atoms with Crippen LogP contribution in [0.4, 0.5) is 0 Å². The molecule has 0 bridgehead atoms. The number of aromatic nitrogens is 1. The van der Waals surface area contributed by atoms with Crippen molar-refractivity contribution in [1.82, 2.24) is 9.88 Å². The topological polar surface area (TPSA) is 62.4 Å². The molecule has 0 spiro atoms. The average Bonchev–Trinajstić information content (AvgIpc) is 2.90. The van der Waals surface area contributed by atoms with Gasteiger partial charge in [0, 0.05) is 29.6 Å². The van der Waals surface area contributed by atoms with Crippen molar-refractivity contribution < 1.29 is 14.3 Å². The summed E-state index contributed by atoms with van der Waals surface area (Å²) in [5.41, 5.74) is 3.22. The van der Waals surface area contributed by atoms with Crippen molar-refractivity contribution in [2.24, 2.45) is 11.3 Å². The molecule has 1 saturated carbocycles. The van der Waals surface area contributed by atoms with Crippen molar-refractivity contribution in [3.05, 3.63) is 41.7 Å². The van der Waals surface area contributed by atoms with E-state index in [4.69, 9.17) is 4.74 Å². The number of hydrogen-bond donors (Lipinski definition) is 1. The van der Waals surface area contributed by atoms with Crippen LogP contribution in [0.25, 0.3) is 16.5 Å². The number of rotatable bonds is 3. The highest BCUT2D eigenvalue weighted by Crippen LogP contribution is 2.37. The summed E-state index contributed by atoms with van der Waals surface area (Å²) in [6.07, 6.45) is 8.80. The largest absolute Gasteiger partial charge is 0.459 e. The Labute approximate surface area is 191 Å². The Bertz CT molecular complexity index is 1020. The fourth-order valence-corrected chi connectivity index (χ4v) is 5.21. The molecule has 1 aromatic heterocycles. The number of nitrogens with one attached hydrogen (secondary N) is 1. The zero-order valence-corrected chi connectivity index (χ0v) is 19.9. The van der Waals surface area contributed by atoms with Gasteiger partial charge in [-0.05, 0) is 50.2 Å². The van der Waals surface area contributed by atoms with Crippen LogP contribution in [0.3, 0.4) is 0 Å². The normalized spacial score (nSPS) is 21.3. The second-order valence-electron chi connectivity index (χ2n) is 10.5. The number of para-hydroxylation sites is 1. The molecule has 1 aromatic carbocycles. The van der Waals surface area contributed by atoms with Crippen LogP contribution in [0.1, 0.15) is 77.5 Å². The van der Waals surface area contributed by atoms with Gasteiger partial charge in [-0.15, -0.1) is 0 Å². The van der Waals surface area contributed by atoms with Crippen LogP contribution in [-0.2, 0) is 20.7 Å². The monoisotopic (exact) mass is 436 g/mol. The summed E-state index contributed by atoms with van der Waals surface area (Å²) in [5, 5.41) is 1.13. The summed E-state index contributed by atoms with van der Waals surface area (Å²) in [6.45, 7) is 8.70. The molecule has 2 heterocycles. The molecule has 32 heavy (non-hydrogen) atoms. The Morgan fingerprint density at radius 1 is 1.09 bits per heavy atom. The van der Waals surface area contributed by atoms with Crippen LogP contribution in [0.5, 0.6) is 0 Å². The first-order valence-electron chi connectivity index (χ1n) is 12.1. The van der Waals surface area contributed by atoms with Crippen molar-refractivity contribution in [1.29, 1.82) is 0 Å². The van der Waals surface area contributed by atoms with E-state index in [0.717, 1.165) is 54.3 Å². The van der Waals surface area contributed by atoms with Gasteiger partial charge in [0.25, 0.3) is 0 Å². The lowest BCUT2D eigenvalue weighted by Gasteiger charge is -2.35. The molecule has 1 N–H and O–H groups in total. The minimum atomic E-state index is -0.383. The van der Waals surface area contributed by atoms with E-state index in [1.54, 1.807) is 6.20 Å². The Morgan fingerprint density at radius 2 is 1.78 bits per heavy atom. The number of aromatic amines is 1. The molecule has 5 nitrogen and oxygen atoms in total. The second kappa shape index (κ2) is 9.13. The lowest BCUT2D eigenvalue weighted by atomic mass is 9.82. The predicted molar refractivity (Wildman–Crippen MR) is 128 cm³/mol. The summed E-state index contributed by atoms with van der Waals surface area (Å²) < 4.78 is 5.62. The first-order valence-corrected chi connectivity index (χ1v) is 12.1. The Morgan fingerprint density at radius 3 is 2.47 bits per heavy atom. The fraction of sp³-hybridized carbons (Fsp3) is 0.556. The lowest BCUT2D eigenvalue weighted by molar-refractivity contribution is -0.140. The molecule has 172 valence electrons. The minimum Gasteiger partial charge on any atom is -0.459 e. The maximum Gasteiger partial charge on any atom is 0.342 e. The van der Waals surface area contributed by atoms with E-state index in [-0.39, 0.29) is 29.3 Å². The van der Waals surface area contributed by atoms with Gasteiger partial charge in [0.05, 0.1) is 17.4 Å². The van der Waals surface area contributed by atoms with Crippen molar-refractivity contribution in [3.63, 3.8) is 0 Å². The lowest BCUT2D eigenvalue weighted by Crippen LogP contribution is -2.41. The molecule has 1 aliphatic heterocycles. The highest BCUT2D eigenvalue weighted by Gasteiger charge is 2.35. The van der Waals surface area contributed by atoms with E-state index in [0.29, 0.717) is 12.1 Å². The van der Waals surface area contributed by atoms with Gasteiger partial charge < -0.3 is 14.6 Å². The van der Waals surface area contributed by atoms with Gasteiger partial charge in [-0.1, -0.05) is 57.7 Å². The fourth-order valence-electron chi connectivity index (χ4n) is 5.21. The van der Waals surface area contributed by atoms with Gasteiger partial charge in [-0.2, -0.15) is 0 Å². The van der Waals surface area contributed by atoms with Crippen LogP contribution in [0.2, 0.25) is 0 Å². The molecule has 0 atom stereocenters. The minimum absolute atomic E-state index is 0.0357. The van der Waals surface area contributed by atoms with E-state index >= 15 is 0 Å². The number of fused-ring (bicyclic) bond motifs is 3. The number of benzene rings is 1. The zero-order chi connectivity index (χ0) is 22.9. The van der Waals surface area contributed by atoms with Gasteiger partial charge in [0.1, 0.15) is 0 Å². The number of amides is 1. The summed E-state index contributed by atoms with van der Waals surface area (Å²) in [5.74, 6) is -0.200. The van der Waals surface area contributed by atoms with Gasteiger partial charge in [0.15, 0.2) is 0 Å². The second-order valence-corrected chi connectivity index (χ2v) is 10.5. The maximum absolute atomic E-state index is 13.7. The van der Waals surface area contributed by atoms with Crippen LogP contribution in [0.15, 0.2) is 30.5 Å². The molecule has 4 rings (SSSR count). The molecule has 5 heteroatoms. The number of carbonyl (C=O) groups is 2. The molecule has 2 aliphatic rings. The van der Waals surface area contributed by atoms with Crippen molar-refractivity contribution in [2.45, 2.75) is 78.7 Å². The van der Waals surface area contributed by atoms with E-state index in [9.17, 15) is 9.59 Å². The molecule has 0 radical (unpaired) electrons. The van der Waals surface area contributed by atoms with Crippen LogP contribution < -0.4 is 0 Å². The SMILES string of the molecule is CC(C)OC(=O)/C1=C/N(C(=O)C2CCCCCC2)CC(C)(C)Cc2c1[nH]c1ccccc21. The van der Waals surface area contributed by atoms with E-state index < -0.39 is 0 Å². The Balaban J connectivity index is 1.82. The number of carbonyl (C=O) groups excluding carboxylic acids is 2. The molecule has 0 saturated heterocycles. The number of esters is 1. The molecule has 2 aromatic rings. The van der Waals surface area contributed by atoms with Crippen molar-refractivity contribution in [2.75, 3.05) is 6.54 Å². The molecule has 1 fully saturated rings. The third-order valence-corrected chi connectivity index (χ3v) is 6.67. The van der Waals surface area contributed by atoms with Crippen molar-refractivity contribution in [3.8, 4) is 0 Å². The van der Waals surface area contributed by atoms with Crippen LogP contribution in [-0.4, -0.2) is 34.4 Å². The maximum atomic E-state index is 13.7. The van der Waals surface area contributed by atoms with E-state index in [1.165, 1.54) is 12.8 Å². The smallest absolute Gasteiger partial charge is 0.342 e. The highest BCUT2D eigenvalue weighted by atomic mass is 16.5. The Kier molecular flexibility index (Phi) is 6.45. The van der Waals surface area contributed by atoms with Gasteiger partial charge in [0.2, 0.25) is 5.91 Å². The Hall–Kier alpha value is -2.56. The van der Waals surface area contributed by atoms with E-state index in [1.807, 2.05) is 36.9 Å². The zero-order valence-electron chi connectivity index (χ0n) is 19.9. The summed E-state index contributed by atoms with van der Waals surface area (Å²) in [7, 11) is 0. The van der Waals surface area contributed by atoms with Gasteiger partial charge >= 0.3 is 5.97 Å². The quantitative estimate of drug-likeness (QED) is 0.485. The molecule has 1 amide bonds. The number of nitrogens with zero attached hydrogens (tertiary/aromatic N) is 1. The number of ether oxygens (including phenoxy) is 1. The molecule has 0 unspecified atom stereocenters. The van der Waals surface area contributed by atoms with Crippen molar-refractivity contribution >= 4 is 28.4 Å². The van der Waals surface area contributed by atoms with Crippen LogP contribution in [0, 0.1) is 11.3 Å². The molecule has 1 aliphatic carbocycles. The third kappa shape index (κ3) is 4.77. The summed E-state index contributed by atoms with van der Waals surface area (Å²) in [6, 6.07) is 8.16. The van der Waals surface area contributed by atoms with E-state index in [2.05, 4.69) is 24.9 Å². The number of H-pyrrole nitrogens is 1. The summed E-state index contributed by atoms with van der Waals surface area (Å²) in [4.78, 5) is 32.2. The van der Waals surface area contributed by atoms with Crippen LogP contribution >= 0.6 is 0 Å². The highest BCUT2D eigenvalue weighted by molar-refractivity contribution is 6.18.